The minimum atomic E-state index is -0.576. The number of aliphatic hydroxyl groups excluding tert-OH is 1. The summed E-state index contributed by atoms with van der Waals surface area (Å²) in [6, 6.07) is 0. The zero-order valence-corrected chi connectivity index (χ0v) is 11.5. The molecule has 0 spiro atoms. The van der Waals surface area contributed by atoms with E-state index in [1.54, 1.807) is 11.3 Å². The third-order valence-corrected chi connectivity index (χ3v) is 3.52. The van der Waals surface area contributed by atoms with Crippen molar-refractivity contribution >= 4 is 23.1 Å². The summed E-state index contributed by atoms with van der Waals surface area (Å²) < 4.78 is 12.9. The van der Waals surface area contributed by atoms with Crippen molar-refractivity contribution in [1.82, 2.24) is 19.0 Å². The second kappa shape index (κ2) is 6.74. The van der Waals surface area contributed by atoms with Crippen molar-refractivity contribution in [2.45, 2.75) is 19.6 Å². The van der Waals surface area contributed by atoms with Gasteiger partial charge in [-0.1, -0.05) is 0 Å². The molecule has 1 atom stereocenters. The number of rotatable bonds is 7. The first kappa shape index (κ1) is 13.3. The van der Waals surface area contributed by atoms with E-state index in [1.165, 1.54) is 6.20 Å². The summed E-state index contributed by atoms with van der Waals surface area (Å²) in [6.45, 7) is 3.28. The highest BCUT2D eigenvalue weighted by Crippen LogP contribution is 2.08. The summed E-state index contributed by atoms with van der Waals surface area (Å²) >= 11 is 2.69. The normalized spacial score (nSPS) is 12.6. The number of nitrogens with zero attached hydrogens (tertiary/aromatic N) is 3. The minimum absolute atomic E-state index is 0.204. The molecule has 0 radical (unpaired) electrons. The Morgan fingerprint density at radius 2 is 2.44 bits per heavy atom. The molecule has 0 amide bonds. The molecule has 2 N–H and O–H groups in total. The van der Waals surface area contributed by atoms with Gasteiger partial charge in [-0.05, 0) is 6.92 Å². The lowest BCUT2D eigenvalue weighted by Crippen LogP contribution is -2.31. The third-order valence-electron chi connectivity index (χ3n) is 2.09. The molecular weight excluding hydrogens is 272 g/mol. The van der Waals surface area contributed by atoms with Crippen LogP contribution in [0.15, 0.2) is 11.6 Å². The molecule has 2 aromatic heterocycles. The average Bonchev–Trinajstić information content (AvgIpc) is 2.98. The van der Waals surface area contributed by atoms with Crippen molar-refractivity contribution in [3.8, 4) is 5.88 Å². The third kappa shape index (κ3) is 4.30. The Kier molecular flexibility index (Phi) is 5.00. The Hall–Kier alpha value is -1.09. The van der Waals surface area contributed by atoms with Gasteiger partial charge in [-0.25, -0.2) is 4.98 Å². The zero-order valence-electron chi connectivity index (χ0n) is 9.87. The summed E-state index contributed by atoms with van der Waals surface area (Å²) in [6.07, 6.45) is 0.955. The summed E-state index contributed by atoms with van der Waals surface area (Å²) in [5.41, 5.74) is 1.02. The van der Waals surface area contributed by atoms with Gasteiger partial charge in [0.05, 0.1) is 11.7 Å². The van der Waals surface area contributed by atoms with Crippen LogP contribution in [0, 0.1) is 6.92 Å². The highest BCUT2D eigenvalue weighted by atomic mass is 32.1. The molecule has 0 saturated heterocycles. The standard InChI is InChI=1S/C10H14N4O2S2/c1-7-6-17-10(13-7)4-11-2-8(15)5-16-9-3-12-18-14-9/h3,6,8,11,15H,2,4-5H2,1H3. The van der Waals surface area contributed by atoms with Gasteiger partial charge in [0.1, 0.15) is 23.9 Å². The van der Waals surface area contributed by atoms with Crippen LogP contribution >= 0.6 is 23.1 Å². The number of aromatic nitrogens is 3. The largest absolute Gasteiger partial charge is 0.473 e. The lowest BCUT2D eigenvalue weighted by atomic mass is 10.4. The highest BCUT2D eigenvalue weighted by Gasteiger charge is 2.07. The monoisotopic (exact) mass is 286 g/mol. The van der Waals surface area contributed by atoms with E-state index < -0.39 is 6.10 Å². The number of aliphatic hydroxyl groups is 1. The number of thiazole rings is 1. The molecule has 0 fully saturated rings. The predicted octanol–water partition coefficient (Wildman–Crippen LogP) is 0.833. The number of aryl methyl sites for hydroxylation is 1. The van der Waals surface area contributed by atoms with Gasteiger partial charge in [-0.2, -0.15) is 4.37 Å². The molecule has 18 heavy (non-hydrogen) atoms. The molecule has 98 valence electrons. The summed E-state index contributed by atoms with van der Waals surface area (Å²) in [4.78, 5) is 4.32. The van der Waals surface area contributed by atoms with E-state index in [0.717, 1.165) is 22.4 Å². The van der Waals surface area contributed by atoms with Crippen LogP contribution in [0.1, 0.15) is 10.7 Å². The van der Waals surface area contributed by atoms with E-state index in [2.05, 4.69) is 19.0 Å². The summed E-state index contributed by atoms with van der Waals surface area (Å²) in [5.74, 6) is 0.453. The molecule has 1 unspecified atom stereocenters. The van der Waals surface area contributed by atoms with Crippen molar-refractivity contribution in [1.29, 1.82) is 0 Å². The van der Waals surface area contributed by atoms with Crippen molar-refractivity contribution in [3.63, 3.8) is 0 Å². The van der Waals surface area contributed by atoms with Gasteiger partial charge in [0.2, 0.25) is 5.88 Å². The van der Waals surface area contributed by atoms with Gasteiger partial charge < -0.3 is 15.2 Å². The van der Waals surface area contributed by atoms with Gasteiger partial charge >= 0.3 is 0 Å². The molecule has 0 aliphatic carbocycles. The van der Waals surface area contributed by atoms with Crippen LogP contribution in [0.25, 0.3) is 0 Å². The van der Waals surface area contributed by atoms with Crippen LogP contribution in [-0.2, 0) is 6.54 Å². The Balaban J connectivity index is 1.61. The first-order valence-corrected chi connectivity index (χ1v) is 7.05. The second-order valence-corrected chi connectivity index (χ2v) is 5.22. The Bertz CT molecular complexity index is 460. The van der Waals surface area contributed by atoms with E-state index in [0.29, 0.717) is 19.0 Å². The van der Waals surface area contributed by atoms with E-state index in [4.69, 9.17) is 4.74 Å². The van der Waals surface area contributed by atoms with Crippen LogP contribution in [0.5, 0.6) is 5.88 Å². The van der Waals surface area contributed by atoms with Crippen molar-refractivity contribution < 1.29 is 9.84 Å². The number of hydrogen-bond acceptors (Lipinski definition) is 8. The fraction of sp³-hybridized carbons (Fsp3) is 0.500. The van der Waals surface area contributed by atoms with Crippen LogP contribution in [0.3, 0.4) is 0 Å². The van der Waals surface area contributed by atoms with Gasteiger partial charge in [-0.3, -0.25) is 0 Å². The smallest absolute Gasteiger partial charge is 0.245 e. The van der Waals surface area contributed by atoms with E-state index in [9.17, 15) is 5.11 Å². The van der Waals surface area contributed by atoms with Crippen molar-refractivity contribution in [2.75, 3.05) is 13.2 Å². The Morgan fingerprint density at radius 3 is 3.11 bits per heavy atom. The number of nitrogens with one attached hydrogen (secondary N) is 1. The highest BCUT2D eigenvalue weighted by molar-refractivity contribution is 7.09. The molecule has 0 saturated carbocycles. The lowest BCUT2D eigenvalue weighted by molar-refractivity contribution is 0.104. The van der Waals surface area contributed by atoms with Crippen LogP contribution in [-0.4, -0.2) is 38.1 Å². The quantitative estimate of drug-likeness (QED) is 0.785. The maximum absolute atomic E-state index is 9.68. The fourth-order valence-corrected chi connectivity index (χ4v) is 2.40. The molecule has 8 heteroatoms. The lowest BCUT2D eigenvalue weighted by Gasteiger charge is -2.10. The first-order valence-electron chi connectivity index (χ1n) is 5.44. The molecule has 0 bridgehead atoms. The Morgan fingerprint density at radius 1 is 1.56 bits per heavy atom. The molecule has 2 heterocycles. The molecule has 0 aliphatic rings. The van der Waals surface area contributed by atoms with E-state index >= 15 is 0 Å². The van der Waals surface area contributed by atoms with Gasteiger partial charge in [0, 0.05) is 24.2 Å². The van der Waals surface area contributed by atoms with Gasteiger partial charge in [0.15, 0.2) is 0 Å². The topological polar surface area (TPSA) is 80.2 Å². The van der Waals surface area contributed by atoms with Gasteiger partial charge in [-0.15, -0.1) is 15.7 Å². The van der Waals surface area contributed by atoms with Crippen LogP contribution < -0.4 is 10.1 Å². The first-order chi connectivity index (χ1) is 8.74. The van der Waals surface area contributed by atoms with Crippen LogP contribution in [0.4, 0.5) is 0 Å². The number of ether oxygens (including phenoxy) is 1. The van der Waals surface area contributed by atoms with E-state index in [-0.39, 0.29) is 6.61 Å². The van der Waals surface area contributed by atoms with Gasteiger partial charge in [0.25, 0.3) is 0 Å². The summed E-state index contributed by atoms with van der Waals surface area (Å²) in [5, 5.41) is 15.8. The molecule has 2 aromatic rings. The van der Waals surface area contributed by atoms with Crippen molar-refractivity contribution in [2.24, 2.45) is 0 Å². The predicted molar refractivity (Wildman–Crippen MR) is 70.0 cm³/mol. The molecular formula is C10H14N4O2S2. The van der Waals surface area contributed by atoms with Crippen LogP contribution in [0.2, 0.25) is 0 Å². The molecule has 0 aromatic carbocycles. The Labute approximate surface area is 113 Å². The number of hydrogen-bond donors (Lipinski definition) is 2. The maximum atomic E-state index is 9.68. The van der Waals surface area contributed by atoms with E-state index in [1.807, 2.05) is 12.3 Å². The SMILES string of the molecule is Cc1csc(CNCC(O)COc2cnsn2)n1. The molecule has 6 nitrogen and oxygen atoms in total. The second-order valence-electron chi connectivity index (χ2n) is 3.72. The molecule has 0 aliphatic heterocycles. The zero-order chi connectivity index (χ0) is 12.8. The van der Waals surface area contributed by atoms with Crippen molar-refractivity contribution in [3.05, 3.63) is 22.3 Å². The maximum Gasteiger partial charge on any atom is 0.245 e. The fourth-order valence-electron chi connectivity index (χ4n) is 1.29. The average molecular weight is 286 g/mol. The summed E-state index contributed by atoms with van der Waals surface area (Å²) in [7, 11) is 0. The minimum Gasteiger partial charge on any atom is -0.473 e. The molecule has 2 rings (SSSR count).